The zero-order valence-corrected chi connectivity index (χ0v) is 37.8. The highest BCUT2D eigenvalue weighted by Crippen LogP contribution is 2.33. The summed E-state index contributed by atoms with van der Waals surface area (Å²) < 4.78 is 23.4. The first kappa shape index (κ1) is 48.4. The minimum absolute atomic E-state index is 0.00295. The van der Waals surface area contributed by atoms with Gasteiger partial charge >= 0.3 is 18.0 Å². The third-order valence-corrected chi connectivity index (χ3v) is 12.5. The number of ether oxygens (including phenoxy) is 4. The lowest BCUT2D eigenvalue weighted by Crippen LogP contribution is -2.42. The number of esters is 2. The number of allylic oxidation sites excluding steroid dienone is 3. The molecule has 3 aliphatic rings. The van der Waals surface area contributed by atoms with Crippen LogP contribution in [0.25, 0.3) is 0 Å². The van der Waals surface area contributed by atoms with Crippen molar-refractivity contribution < 1.29 is 42.9 Å². The summed E-state index contributed by atoms with van der Waals surface area (Å²) in [7, 11) is 0. The van der Waals surface area contributed by atoms with Crippen LogP contribution in [0.15, 0.2) is 39.7 Å². The van der Waals surface area contributed by atoms with Crippen LogP contribution in [0, 0.1) is 0 Å². The molecule has 328 valence electrons. The highest BCUT2D eigenvalue weighted by molar-refractivity contribution is 9.11. The van der Waals surface area contributed by atoms with E-state index in [2.05, 4.69) is 42.5 Å². The first-order valence-corrected chi connectivity index (χ1v) is 23.2. The number of carbonyl (C=O) groups excluding carboxylic acids is 5. The average Bonchev–Trinajstić information content (AvgIpc) is 3.88. The Balaban J connectivity index is 1.11. The molecule has 4 heterocycles. The van der Waals surface area contributed by atoms with Crippen LogP contribution in [0.2, 0.25) is 0 Å². The lowest BCUT2D eigenvalue weighted by atomic mass is 9.97. The number of thioether (sulfide) groups is 1. The molecule has 0 saturated carbocycles. The van der Waals surface area contributed by atoms with E-state index < -0.39 is 12.1 Å². The number of carbonyl (C=O) groups is 5. The zero-order chi connectivity index (χ0) is 42.6. The van der Waals surface area contributed by atoms with Gasteiger partial charge in [-0.2, -0.15) is 11.8 Å². The molecule has 3 aliphatic heterocycles. The highest BCUT2D eigenvalue weighted by Gasteiger charge is 2.42. The molecular weight excluding hydrogens is 865 g/mol. The Labute approximate surface area is 364 Å². The Bertz CT molecular complexity index is 1640. The number of fused-ring (bicyclic) bond motifs is 3. The largest absolute Gasteiger partial charge is 0.462 e. The number of amides is 4. The van der Waals surface area contributed by atoms with Crippen molar-refractivity contribution in [3.63, 3.8) is 0 Å². The predicted octanol–water partition coefficient (Wildman–Crippen LogP) is 4.57. The fourth-order valence-corrected chi connectivity index (χ4v) is 9.82. The van der Waals surface area contributed by atoms with E-state index >= 15 is 0 Å². The van der Waals surface area contributed by atoms with Gasteiger partial charge in [0, 0.05) is 66.8 Å². The summed E-state index contributed by atoms with van der Waals surface area (Å²) in [4.78, 5) is 66.9. The third-order valence-electron chi connectivity index (χ3n) is 9.88. The number of unbranched alkanes of at least 4 members (excludes halogenated alkanes) is 1. The number of hydrogen-bond acceptors (Lipinski definition) is 13. The molecule has 15 nitrogen and oxygen atoms in total. The standard InChI is InChI=1S/C41H61BrN6O9S2/c1-26-8-7-11-38(51)57-31(20-28(3)42)22-37-46-32(24-59-37)27(2)19-30(21-39(52)56-29(4)18-26)45-23-36(50)44-13-15-55-17-16-54-14-12-43-35(49)10-6-5-9-34-40-33(25-58-34)47-41(53)48-40/h7-8,11,20,24,27,29-31,33-34,40,45H,5-6,9-10,12-19,21-23,25H2,1-4H3,(H,43,49)(H,44,50)(H2,47,48,53)/t27-,29-,30+,31+,33-,34-,40-/m0/s1. The number of rotatable bonds is 18. The Morgan fingerprint density at radius 1 is 1.00 bits per heavy atom. The van der Waals surface area contributed by atoms with Gasteiger partial charge in [-0.15, -0.1) is 11.3 Å². The van der Waals surface area contributed by atoms with E-state index in [4.69, 9.17) is 23.9 Å². The predicted molar refractivity (Wildman–Crippen MR) is 233 cm³/mol. The normalized spacial score (nSPS) is 25.6. The molecule has 0 aliphatic carbocycles. The van der Waals surface area contributed by atoms with Crippen molar-refractivity contribution in [2.75, 3.05) is 51.8 Å². The fraction of sp³-hybridized carbons (Fsp3) is 0.659. The van der Waals surface area contributed by atoms with Gasteiger partial charge in [-0.3, -0.25) is 14.4 Å². The van der Waals surface area contributed by atoms with Crippen LogP contribution in [-0.2, 0) is 44.5 Å². The molecule has 0 radical (unpaired) electrons. The summed E-state index contributed by atoms with van der Waals surface area (Å²) in [6.45, 7) is 9.78. The van der Waals surface area contributed by atoms with Gasteiger partial charge in [-0.1, -0.05) is 47.0 Å². The molecule has 0 aromatic carbocycles. The molecule has 4 amide bonds. The fourth-order valence-electron chi connectivity index (χ4n) is 7.02. The molecule has 2 saturated heterocycles. The number of aromatic nitrogens is 1. The van der Waals surface area contributed by atoms with Crippen LogP contribution in [0.5, 0.6) is 0 Å². The Hall–Kier alpha value is -3.29. The minimum Gasteiger partial charge on any atom is -0.462 e. The Morgan fingerprint density at radius 3 is 2.49 bits per heavy atom. The monoisotopic (exact) mass is 924 g/mol. The molecule has 4 rings (SSSR count). The minimum atomic E-state index is -0.503. The summed E-state index contributed by atoms with van der Waals surface area (Å²) >= 11 is 6.82. The molecule has 59 heavy (non-hydrogen) atoms. The maximum Gasteiger partial charge on any atom is 0.331 e. The molecule has 18 heteroatoms. The van der Waals surface area contributed by atoms with Crippen LogP contribution < -0.4 is 26.6 Å². The molecule has 1 aromatic heterocycles. The maximum atomic E-state index is 13.1. The number of urea groups is 1. The molecule has 0 spiro atoms. The Kier molecular flexibility index (Phi) is 21.4. The first-order valence-electron chi connectivity index (χ1n) is 20.5. The summed E-state index contributed by atoms with van der Waals surface area (Å²) in [6, 6.07) is -0.0133. The van der Waals surface area contributed by atoms with Gasteiger partial charge in [0.15, 0.2) is 0 Å². The smallest absolute Gasteiger partial charge is 0.331 e. The quantitative estimate of drug-likeness (QED) is 0.0784. The van der Waals surface area contributed by atoms with Gasteiger partial charge in [0.2, 0.25) is 11.8 Å². The lowest BCUT2D eigenvalue weighted by Gasteiger charge is -2.22. The van der Waals surface area contributed by atoms with E-state index in [1.54, 1.807) is 12.2 Å². The van der Waals surface area contributed by atoms with Crippen molar-refractivity contribution >= 4 is 68.8 Å². The number of cyclic esters (lactones) is 2. The van der Waals surface area contributed by atoms with E-state index in [-0.39, 0.29) is 66.9 Å². The van der Waals surface area contributed by atoms with Crippen LogP contribution in [0.4, 0.5) is 4.79 Å². The van der Waals surface area contributed by atoms with Gasteiger partial charge in [0.1, 0.15) is 12.2 Å². The second-order valence-corrected chi connectivity index (χ2v) is 18.7. The molecule has 2 fully saturated rings. The van der Waals surface area contributed by atoms with E-state index in [0.29, 0.717) is 70.5 Å². The Morgan fingerprint density at radius 2 is 1.75 bits per heavy atom. The topological polar surface area (TPSA) is 195 Å². The lowest BCUT2D eigenvalue weighted by molar-refractivity contribution is -0.149. The SMILES string of the molecule is CC(Br)=C[C@@H]1Cc2nc(cs2)[C@@H](C)C[C@@H](NCC(=O)NCCOCCOCCNC(=O)CCCC[C@@H]2SC[C@@H]3NC(=O)N[C@@H]32)CC(=O)O[C@@H](C)CC(C)=CC=CC(=O)O1. The van der Waals surface area contributed by atoms with Crippen LogP contribution in [0.3, 0.4) is 0 Å². The summed E-state index contributed by atoms with van der Waals surface area (Å²) in [5, 5.41) is 18.1. The van der Waals surface area contributed by atoms with Gasteiger partial charge in [0.25, 0.3) is 0 Å². The van der Waals surface area contributed by atoms with E-state index in [9.17, 15) is 24.0 Å². The van der Waals surface area contributed by atoms with Gasteiger partial charge < -0.3 is 45.5 Å². The maximum absolute atomic E-state index is 13.1. The van der Waals surface area contributed by atoms with Crippen LogP contribution in [0.1, 0.15) is 89.3 Å². The number of hydrogen-bond donors (Lipinski definition) is 5. The van der Waals surface area contributed by atoms with Crippen molar-refractivity contribution in [3.05, 3.63) is 50.4 Å². The second-order valence-electron chi connectivity index (χ2n) is 15.2. The second kappa shape index (κ2) is 26.1. The van der Waals surface area contributed by atoms with Crippen molar-refractivity contribution in [3.8, 4) is 0 Å². The summed E-state index contributed by atoms with van der Waals surface area (Å²) in [6.07, 6.45) is 10.5. The van der Waals surface area contributed by atoms with Crippen molar-refractivity contribution in [2.24, 2.45) is 0 Å². The van der Waals surface area contributed by atoms with Crippen molar-refractivity contribution in [1.29, 1.82) is 0 Å². The van der Waals surface area contributed by atoms with E-state index in [1.165, 1.54) is 17.4 Å². The zero-order valence-electron chi connectivity index (χ0n) is 34.6. The number of nitrogens with one attached hydrogen (secondary N) is 5. The average molecular weight is 926 g/mol. The molecule has 1 aromatic rings. The van der Waals surface area contributed by atoms with Gasteiger partial charge in [-0.05, 0) is 50.6 Å². The number of thiazole rings is 1. The van der Waals surface area contributed by atoms with Crippen LogP contribution >= 0.6 is 39.0 Å². The summed E-state index contributed by atoms with van der Waals surface area (Å²) in [5.41, 5.74) is 1.79. The highest BCUT2D eigenvalue weighted by atomic mass is 79.9. The van der Waals surface area contributed by atoms with E-state index in [1.807, 2.05) is 50.9 Å². The third kappa shape index (κ3) is 18.9. The first-order chi connectivity index (χ1) is 28.3. The van der Waals surface area contributed by atoms with Crippen LogP contribution in [-0.4, -0.2) is 122 Å². The van der Waals surface area contributed by atoms with Crippen molar-refractivity contribution in [2.45, 2.75) is 121 Å². The van der Waals surface area contributed by atoms with Gasteiger partial charge in [-0.25, -0.2) is 14.6 Å². The number of nitrogens with zero attached hydrogens (tertiary/aromatic N) is 1. The molecular formula is C41H61BrN6O9S2. The number of halogens is 1. The van der Waals surface area contributed by atoms with E-state index in [0.717, 1.165) is 45.8 Å². The molecule has 7 atom stereocenters. The molecule has 5 N–H and O–H groups in total. The van der Waals surface area contributed by atoms with Gasteiger partial charge in [0.05, 0.1) is 62.2 Å². The van der Waals surface area contributed by atoms with Crippen molar-refractivity contribution in [1.82, 2.24) is 31.6 Å². The molecule has 0 unspecified atom stereocenters. The summed E-state index contributed by atoms with van der Waals surface area (Å²) in [5.74, 6) is -0.155. The molecule has 2 bridgehead atoms.